The summed E-state index contributed by atoms with van der Waals surface area (Å²) in [4.78, 5) is 22.2. The molecule has 0 aliphatic rings. The summed E-state index contributed by atoms with van der Waals surface area (Å²) < 4.78 is 34.6. The third-order valence-corrected chi connectivity index (χ3v) is 5.04. The molecule has 26 heavy (non-hydrogen) atoms. The fourth-order valence-corrected chi connectivity index (χ4v) is 3.26. The van der Waals surface area contributed by atoms with Crippen LogP contribution in [0.5, 0.6) is 11.5 Å². The molecule has 2 rings (SSSR count). The lowest BCUT2D eigenvalue weighted by Gasteiger charge is -2.10. The maximum absolute atomic E-state index is 12.3. The first-order valence-electron chi connectivity index (χ1n) is 7.26. The quantitative estimate of drug-likeness (QED) is 0.575. The van der Waals surface area contributed by atoms with Crippen LogP contribution in [0.4, 0.5) is 11.4 Å². The van der Waals surface area contributed by atoms with Gasteiger partial charge in [-0.15, -0.1) is 0 Å². The van der Waals surface area contributed by atoms with Gasteiger partial charge in [0.25, 0.3) is 5.69 Å². The van der Waals surface area contributed by atoms with E-state index in [2.05, 4.69) is 5.32 Å². The normalized spacial score (nSPS) is 10.8. The highest BCUT2D eigenvalue weighted by atomic mass is 32.2. The molecular formula is C16H16N2O7S. The average molecular weight is 380 g/mol. The second-order valence-electron chi connectivity index (χ2n) is 5.12. The standard InChI is InChI=1S/C16H16N2O7S/c1-24-12-4-6-13(7-5-12)26(22,23)10-16(19)17-14-8-3-11(18(20)21)9-15(14)25-2/h3-9H,10H2,1-2H3,(H,17,19). The number of nitro benzene ring substituents is 1. The molecule has 0 heterocycles. The summed E-state index contributed by atoms with van der Waals surface area (Å²) in [5.41, 5.74) is -0.0845. The Hall–Kier alpha value is -3.14. The molecule has 138 valence electrons. The summed E-state index contributed by atoms with van der Waals surface area (Å²) in [5, 5.41) is 13.2. The fraction of sp³-hybridized carbons (Fsp3) is 0.188. The van der Waals surface area contributed by atoms with Crippen LogP contribution >= 0.6 is 0 Å². The van der Waals surface area contributed by atoms with Crippen LogP contribution in [0.3, 0.4) is 0 Å². The molecule has 2 aromatic rings. The van der Waals surface area contributed by atoms with Gasteiger partial charge in [-0.3, -0.25) is 14.9 Å². The van der Waals surface area contributed by atoms with E-state index in [9.17, 15) is 23.3 Å². The first-order chi connectivity index (χ1) is 12.3. The number of carbonyl (C=O) groups is 1. The summed E-state index contributed by atoms with van der Waals surface area (Å²) in [6.07, 6.45) is 0. The number of hydrogen-bond donors (Lipinski definition) is 1. The Kier molecular flexibility index (Phi) is 5.78. The van der Waals surface area contributed by atoms with Crippen LogP contribution in [0.2, 0.25) is 0 Å². The second kappa shape index (κ2) is 7.83. The van der Waals surface area contributed by atoms with Crippen LogP contribution in [0, 0.1) is 10.1 Å². The van der Waals surface area contributed by atoms with Gasteiger partial charge in [-0.05, 0) is 30.3 Å². The number of hydrogen-bond acceptors (Lipinski definition) is 7. The topological polar surface area (TPSA) is 125 Å². The highest BCUT2D eigenvalue weighted by Crippen LogP contribution is 2.29. The van der Waals surface area contributed by atoms with E-state index in [1.54, 1.807) is 0 Å². The van der Waals surface area contributed by atoms with Crippen LogP contribution in [-0.4, -0.2) is 39.2 Å². The van der Waals surface area contributed by atoms with Crippen molar-refractivity contribution in [2.75, 3.05) is 25.3 Å². The van der Waals surface area contributed by atoms with Crippen molar-refractivity contribution in [1.82, 2.24) is 0 Å². The van der Waals surface area contributed by atoms with Crippen molar-refractivity contribution in [2.45, 2.75) is 4.90 Å². The van der Waals surface area contributed by atoms with Gasteiger partial charge in [-0.1, -0.05) is 0 Å². The molecule has 9 nitrogen and oxygen atoms in total. The van der Waals surface area contributed by atoms with Crippen molar-refractivity contribution in [3.8, 4) is 11.5 Å². The van der Waals surface area contributed by atoms with Crippen molar-refractivity contribution in [1.29, 1.82) is 0 Å². The van der Waals surface area contributed by atoms with Gasteiger partial charge in [-0.25, -0.2) is 8.42 Å². The van der Waals surface area contributed by atoms with E-state index in [4.69, 9.17) is 9.47 Å². The van der Waals surface area contributed by atoms with E-state index in [1.807, 2.05) is 0 Å². The minimum atomic E-state index is -3.86. The lowest BCUT2D eigenvalue weighted by atomic mass is 10.2. The van der Waals surface area contributed by atoms with Gasteiger partial charge >= 0.3 is 0 Å². The van der Waals surface area contributed by atoms with Gasteiger partial charge in [0.1, 0.15) is 17.3 Å². The molecule has 0 fully saturated rings. The number of sulfone groups is 1. The van der Waals surface area contributed by atoms with Crippen LogP contribution in [0.1, 0.15) is 0 Å². The maximum Gasteiger partial charge on any atom is 0.273 e. The average Bonchev–Trinajstić information content (AvgIpc) is 2.61. The van der Waals surface area contributed by atoms with E-state index < -0.39 is 26.4 Å². The number of carbonyl (C=O) groups excluding carboxylic acids is 1. The van der Waals surface area contributed by atoms with Crippen molar-refractivity contribution >= 4 is 27.1 Å². The van der Waals surface area contributed by atoms with Gasteiger partial charge in [0, 0.05) is 6.07 Å². The Morgan fingerprint density at radius 2 is 1.77 bits per heavy atom. The Morgan fingerprint density at radius 1 is 1.12 bits per heavy atom. The third kappa shape index (κ3) is 4.48. The molecule has 1 N–H and O–H groups in total. The van der Waals surface area contributed by atoms with E-state index in [-0.39, 0.29) is 22.0 Å². The monoisotopic (exact) mass is 380 g/mol. The molecule has 0 saturated carbocycles. The molecule has 1 amide bonds. The van der Waals surface area contributed by atoms with Crippen LogP contribution in [0.15, 0.2) is 47.4 Å². The zero-order chi connectivity index (χ0) is 19.3. The summed E-state index contributed by atoms with van der Waals surface area (Å²) >= 11 is 0. The van der Waals surface area contributed by atoms with Crippen LogP contribution in [0.25, 0.3) is 0 Å². The zero-order valence-corrected chi connectivity index (χ0v) is 14.8. The number of anilines is 1. The molecule has 0 radical (unpaired) electrons. The second-order valence-corrected chi connectivity index (χ2v) is 7.11. The number of methoxy groups -OCH3 is 2. The SMILES string of the molecule is COc1ccc(S(=O)(=O)CC(=O)Nc2ccc([N+](=O)[O-])cc2OC)cc1. The molecule has 0 aliphatic carbocycles. The molecule has 0 aromatic heterocycles. The molecule has 2 aromatic carbocycles. The number of nitrogens with one attached hydrogen (secondary N) is 1. The predicted molar refractivity (Wildman–Crippen MR) is 93.3 cm³/mol. The van der Waals surface area contributed by atoms with E-state index >= 15 is 0 Å². The summed E-state index contributed by atoms with van der Waals surface area (Å²) in [5.74, 6) is -1.05. The molecule has 0 unspecified atom stereocenters. The van der Waals surface area contributed by atoms with Gasteiger partial charge < -0.3 is 14.8 Å². The molecule has 0 atom stereocenters. The summed E-state index contributed by atoms with van der Waals surface area (Å²) in [6.45, 7) is 0. The van der Waals surface area contributed by atoms with Crippen molar-refractivity contribution in [2.24, 2.45) is 0 Å². The molecule has 10 heteroatoms. The van der Waals surface area contributed by atoms with Crippen molar-refractivity contribution in [3.63, 3.8) is 0 Å². The number of ether oxygens (including phenoxy) is 2. The molecule has 0 saturated heterocycles. The summed E-state index contributed by atoms with van der Waals surface area (Å²) in [7, 11) is -1.13. The largest absolute Gasteiger partial charge is 0.497 e. The number of nitrogens with zero attached hydrogens (tertiary/aromatic N) is 1. The van der Waals surface area contributed by atoms with E-state index in [0.29, 0.717) is 5.75 Å². The van der Waals surface area contributed by atoms with Crippen molar-refractivity contribution in [3.05, 3.63) is 52.6 Å². The zero-order valence-electron chi connectivity index (χ0n) is 14.0. The third-order valence-electron chi connectivity index (χ3n) is 3.41. The molecular weight excluding hydrogens is 364 g/mol. The predicted octanol–water partition coefficient (Wildman–Crippen LogP) is 2.02. The number of rotatable bonds is 7. The van der Waals surface area contributed by atoms with Gasteiger partial charge in [-0.2, -0.15) is 0 Å². The number of benzene rings is 2. The smallest absolute Gasteiger partial charge is 0.273 e. The number of nitro groups is 1. The molecule has 0 aliphatic heterocycles. The lowest BCUT2D eigenvalue weighted by Crippen LogP contribution is -2.23. The number of non-ortho nitro benzene ring substituents is 1. The molecule has 0 bridgehead atoms. The number of amides is 1. The van der Waals surface area contributed by atoms with E-state index in [0.717, 1.165) is 6.07 Å². The Bertz CT molecular complexity index is 924. The van der Waals surface area contributed by atoms with Crippen LogP contribution in [-0.2, 0) is 14.6 Å². The maximum atomic E-state index is 12.3. The lowest BCUT2D eigenvalue weighted by molar-refractivity contribution is -0.384. The summed E-state index contributed by atoms with van der Waals surface area (Å²) in [6, 6.07) is 9.22. The van der Waals surface area contributed by atoms with Gasteiger partial charge in [0.2, 0.25) is 5.91 Å². The van der Waals surface area contributed by atoms with Crippen LogP contribution < -0.4 is 14.8 Å². The highest BCUT2D eigenvalue weighted by molar-refractivity contribution is 7.92. The Labute approximate surface area is 149 Å². The first kappa shape index (κ1) is 19.2. The minimum absolute atomic E-state index is 0.0240. The Balaban J connectivity index is 2.15. The minimum Gasteiger partial charge on any atom is -0.497 e. The first-order valence-corrected chi connectivity index (χ1v) is 8.91. The highest BCUT2D eigenvalue weighted by Gasteiger charge is 2.21. The van der Waals surface area contributed by atoms with Crippen molar-refractivity contribution < 1.29 is 27.6 Å². The van der Waals surface area contributed by atoms with Gasteiger partial charge in [0.15, 0.2) is 9.84 Å². The Morgan fingerprint density at radius 3 is 2.31 bits per heavy atom. The van der Waals surface area contributed by atoms with Gasteiger partial charge in [0.05, 0.1) is 35.8 Å². The van der Waals surface area contributed by atoms with E-state index in [1.165, 1.54) is 50.6 Å². The fourth-order valence-electron chi connectivity index (χ4n) is 2.12. The molecule has 0 spiro atoms.